The molecule has 0 spiro atoms. The van der Waals surface area contributed by atoms with Crippen LogP contribution < -0.4 is 48.2 Å². The summed E-state index contributed by atoms with van der Waals surface area (Å²) >= 11 is 5.18. The summed E-state index contributed by atoms with van der Waals surface area (Å²) in [7, 11) is 2.06. The standard InChI is InChI=1S/C32H34N3OS3.HI/c1-6-34-24-13-9-11-15-26(24)37-27(34)17-21-16-22(20-32(3,4)19-21)18-28-35(7-2)30(36)29(39-28)31-33(5)23-12-8-10-14-25(23)38-31;/h8-18H,6-7,19-20H2,1-5H3;1H/q+1;/p-1/b31-29-;. The second-order valence-corrected chi connectivity index (χ2v) is 14.1. The normalized spacial score (nSPS) is 19.2. The summed E-state index contributed by atoms with van der Waals surface area (Å²) in [6.45, 7) is 10.6. The topological polar surface area (TPSA) is 29.1 Å². The molecule has 4 nitrogen and oxygen atoms in total. The first kappa shape index (κ1) is 29.4. The van der Waals surface area contributed by atoms with E-state index in [1.165, 1.54) is 31.3 Å². The van der Waals surface area contributed by atoms with Crippen LogP contribution in [0.2, 0.25) is 0 Å². The van der Waals surface area contributed by atoms with E-state index in [0.29, 0.717) is 6.54 Å². The van der Waals surface area contributed by atoms with Crippen molar-refractivity contribution in [2.24, 2.45) is 5.41 Å². The van der Waals surface area contributed by atoms with Gasteiger partial charge in [0, 0.05) is 30.6 Å². The average molecular weight is 700 g/mol. The number of aromatic nitrogens is 2. The fraction of sp³-hybridized carbons (Fsp3) is 0.312. The minimum Gasteiger partial charge on any atom is -1.00 e. The number of thiazole rings is 2. The molecular weight excluding hydrogens is 665 g/mol. The van der Waals surface area contributed by atoms with Gasteiger partial charge in [0.25, 0.3) is 10.6 Å². The second kappa shape index (κ2) is 11.6. The van der Waals surface area contributed by atoms with Crippen molar-refractivity contribution < 1.29 is 28.5 Å². The predicted molar refractivity (Wildman–Crippen MR) is 169 cm³/mol. The monoisotopic (exact) mass is 699 g/mol. The largest absolute Gasteiger partial charge is 1.00 e. The highest BCUT2D eigenvalue weighted by Gasteiger charge is 2.27. The quantitative estimate of drug-likeness (QED) is 0.242. The van der Waals surface area contributed by atoms with Crippen LogP contribution in [0.1, 0.15) is 45.5 Å². The Hall–Kier alpha value is -2.14. The lowest BCUT2D eigenvalue weighted by atomic mass is 9.75. The van der Waals surface area contributed by atoms with Crippen LogP contribution in [0.4, 0.5) is 5.69 Å². The number of hydrogen-bond acceptors (Lipinski definition) is 5. The number of allylic oxidation sites excluding steroid dienone is 3. The van der Waals surface area contributed by atoms with Gasteiger partial charge in [-0.1, -0.05) is 67.3 Å². The number of rotatable bonds is 4. The second-order valence-electron chi connectivity index (χ2n) is 11.0. The molecule has 3 heterocycles. The summed E-state index contributed by atoms with van der Waals surface area (Å²) in [5.74, 6) is 0. The Morgan fingerprint density at radius 2 is 1.75 bits per heavy atom. The third-order valence-corrected chi connectivity index (χ3v) is 11.1. The Kier molecular flexibility index (Phi) is 8.53. The van der Waals surface area contributed by atoms with Gasteiger partial charge >= 0.3 is 0 Å². The zero-order valence-corrected chi connectivity index (χ0v) is 28.1. The van der Waals surface area contributed by atoms with Gasteiger partial charge in [0.05, 0.1) is 10.4 Å². The van der Waals surface area contributed by atoms with Gasteiger partial charge < -0.3 is 28.9 Å². The molecule has 0 saturated carbocycles. The molecule has 2 aromatic heterocycles. The van der Waals surface area contributed by atoms with E-state index < -0.39 is 0 Å². The SMILES string of the molecule is CCn1c(=CC2=C/C(=C/c3sc4ccccc4[n+]3CC)CC(C)(C)C2)s/c(=C2\Sc3ccccc3N2C)c1=O.[I-]. The van der Waals surface area contributed by atoms with Gasteiger partial charge in [-0.2, -0.15) is 4.57 Å². The molecule has 6 rings (SSSR count). The van der Waals surface area contributed by atoms with Crippen LogP contribution in [0.15, 0.2) is 75.4 Å². The van der Waals surface area contributed by atoms with E-state index in [1.54, 1.807) is 23.1 Å². The van der Waals surface area contributed by atoms with Gasteiger partial charge in [-0.05, 0) is 67.5 Å². The summed E-state index contributed by atoms with van der Waals surface area (Å²) in [5.41, 5.74) is 5.36. The van der Waals surface area contributed by atoms with Crippen LogP contribution in [0.25, 0.3) is 27.4 Å². The van der Waals surface area contributed by atoms with Crippen LogP contribution >= 0.6 is 34.4 Å². The average Bonchev–Trinajstić information content (AvgIpc) is 3.53. The molecule has 0 saturated heterocycles. The summed E-state index contributed by atoms with van der Waals surface area (Å²) in [6, 6.07) is 17.0. The zero-order valence-electron chi connectivity index (χ0n) is 23.5. The molecule has 0 bridgehead atoms. The van der Waals surface area contributed by atoms with Crippen molar-refractivity contribution >= 4 is 67.5 Å². The Bertz CT molecular complexity index is 1840. The van der Waals surface area contributed by atoms with E-state index in [-0.39, 0.29) is 35.0 Å². The number of halogens is 1. The van der Waals surface area contributed by atoms with Crippen LogP contribution in [0, 0.1) is 5.41 Å². The summed E-state index contributed by atoms with van der Waals surface area (Å²) < 4.78 is 7.53. The Morgan fingerprint density at radius 3 is 2.50 bits per heavy atom. The number of aryl methyl sites for hydroxylation is 1. The van der Waals surface area contributed by atoms with Crippen LogP contribution in [0.5, 0.6) is 0 Å². The van der Waals surface area contributed by atoms with Crippen molar-refractivity contribution in [2.45, 2.75) is 58.5 Å². The number of para-hydroxylation sites is 2. The Balaban J connectivity index is 0.00000323. The smallest absolute Gasteiger partial charge is 0.271 e. The number of hydrogen-bond donors (Lipinski definition) is 0. The zero-order chi connectivity index (χ0) is 27.3. The van der Waals surface area contributed by atoms with Crippen molar-refractivity contribution in [3.8, 4) is 0 Å². The van der Waals surface area contributed by atoms with Crippen molar-refractivity contribution in [1.29, 1.82) is 0 Å². The number of nitrogens with zero attached hydrogens (tertiary/aromatic N) is 3. The molecule has 1 aliphatic heterocycles. The van der Waals surface area contributed by atoms with Crippen molar-refractivity contribution in [1.82, 2.24) is 4.57 Å². The molecule has 8 heteroatoms. The molecule has 0 atom stereocenters. The van der Waals surface area contributed by atoms with Crippen molar-refractivity contribution in [3.63, 3.8) is 0 Å². The highest BCUT2D eigenvalue weighted by atomic mass is 127. The molecule has 2 aromatic carbocycles. The van der Waals surface area contributed by atoms with Gasteiger partial charge in [0.15, 0.2) is 0 Å². The lowest BCUT2D eigenvalue weighted by molar-refractivity contribution is -0.665. The van der Waals surface area contributed by atoms with Gasteiger partial charge in [-0.25, -0.2) is 0 Å². The molecule has 2 aliphatic rings. The van der Waals surface area contributed by atoms with E-state index in [4.69, 9.17) is 0 Å². The van der Waals surface area contributed by atoms with Gasteiger partial charge in [0.2, 0.25) is 5.52 Å². The minimum absolute atomic E-state index is 0. The number of benzene rings is 2. The van der Waals surface area contributed by atoms with Crippen LogP contribution in [-0.4, -0.2) is 11.6 Å². The van der Waals surface area contributed by atoms with E-state index in [9.17, 15) is 4.79 Å². The van der Waals surface area contributed by atoms with Crippen LogP contribution in [0.3, 0.4) is 0 Å². The molecule has 0 fully saturated rings. The highest BCUT2D eigenvalue weighted by Crippen LogP contribution is 2.45. The van der Waals surface area contributed by atoms with Gasteiger partial charge in [-0.15, -0.1) is 11.3 Å². The third-order valence-electron chi connectivity index (χ3n) is 7.47. The first-order valence-corrected chi connectivity index (χ1v) is 16.0. The fourth-order valence-corrected chi connectivity index (χ4v) is 9.46. The molecule has 40 heavy (non-hydrogen) atoms. The lowest BCUT2D eigenvalue weighted by Crippen LogP contribution is -3.00. The highest BCUT2D eigenvalue weighted by molar-refractivity contribution is 8.08. The van der Waals surface area contributed by atoms with E-state index in [2.05, 4.69) is 111 Å². The molecule has 0 amide bonds. The van der Waals surface area contributed by atoms with Gasteiger partial charge in [0.1, 0.15) is 20.8 Å². The van der Waals surface area contributed by atoms with Crippen molar-refractivity contribution in [2.75, 3.05) is 11.9 Å². The van der Waals surface area contributed by atoms with Crippen LogP contribution in [-0.2, 0) is 13.1 Å². The number of anilines is 1. The maximum Gasteiger partial charge on any atom is 0.271 e. The molecular formula is C32H34IN3OS3. The summed E-state index contributed by atoms with van der Waals surface area (Å²) in [6.07, 6.45) is 9.04. The molecule has 208 valence electrons. The Morgan fingerprint density at radius 1 is 1.00 bits per heavy atom. The first-order chi connectivity index (χ1) is 18.8. The summed E-state index contributed by atoms with van der Waals surface area (Å²) in [4.78, 5) is 17.0. The number of thioether (sulfide) groups is 1. The molecule has 4 aromatic rings. The fourth-order valence-electron chi connectivity index (χ4n) is 5.77. The number of fused-ring (bicyclic) bond motifs is 2. The molecule has 0 N–H and O–H groups in total. The first-order valence-electron chi connectivity index (χ1n) is 13.6. The van der Waals surface area contributed by atoms with Gasteiger partial charge in [-0.3, -0.25) is 9.36 Å². The van der Waals surface area contributed by atoms with Crippen molar-refractivity contribution in [3.05, 3.63) is 90.3 Å². The molecule has 1 aliphatic carbocycles. The lowest BCUT2D eigenvalue weighted by Gasteiger charge is -2.30. The maximum absolute atomic E-state index is 13.6. The van der Waals surface area contributed by atoms with E-state index in [1.807, 2.05) is 15.9 Å². The third kappa shape index (κ3) is 5.40. The minimum atomic E-state index is 0. The van der Waals surface area contributed by atoms with E-state index in [0.717, 1.165) is 39.3 Å². The predicted octanol–water partition coefficient (Wildman–Crippen LogP) is 3.37. The maximum atomic E-state index is 13.6. The molecule has 0 radical (unpaired) electrons. The Labute approximate surface area is 265 Å². The van der Waals surface area contributed by atoms with E-state index >= 15 is 0 Å². The molecule has 0 unspecified atom stereocenters. The summed E-state index contributed by atoms with van der Waals surface area (Å²) in [5, 5.41) is 2.32.